The molecule has 1 aromatic heterocycles. The van der Waals surface area contributed by atoms with Gasteiger partial charge in [0, 0.05) is 0 Å². The quantitative estimate of drug-likeness (QED) is 0.565. The van der Waals surface area contributed by atoms with E-state index in [9.17, 15) is 4.79 Å². The summed E-state index contributed by atoms with van der Waals surface area (Å²) in [6.07, 6.45) is 6.30. The highest BCUT2D eigenvalue weighted by Crippen LogP contribution is 2.26. The van der Waals surface area contributed by atoms with Crippen LogP contribution in [0.3, 0.4) is 0 Å². The molecule has 2 nitrogen and oxygen atoms in total. The first kappa shape index (κ1) is 10.6. The van der Waals surface area contributed by atoms with Gasteiger partial charge in [0.05, 0.1) is 10.8 Å². The van der Waals surface area contributed by atoms with Crippen LogP contribution in [0, 0.1) is 0 Å². The Bertz CT molecular complexity index is 885. The maximum absolute atomic E-state index is 12.5. The number of para-hydroxylation sites is 1. The zero-order chi connectivity index (χ0) is 12.8. The number of allylic oxidation sites excluding steroid dienone is 1. The molecule has 1 aliphatic rings. The fourth-order valence-corrected chi connectivity index (χ4v) is 2.73. The Balaban J connectivity index is 2.19. The van der Waals surface area contributed by atoms with Gasteiger partial charge in [0.25, 0.3) is 0 Å². The summed E-state index contributed by atoms with van der Waals surface area (Å²) < 4.78 is 5.87. The Morgan fingerprint density at radius 3 is 2.84 bits per heavy atom. The zero-order valence-electron chi connectivity index (χ0n) is 10.3. The third-order valence-corrected chi connectivity index (χ3v) is 3.72. The maximum atomic E-state index is 12.5. The second kappa shape index (κ2) is 3.82. The van der Waals surface area contributed by atoms with Gasteiger partial charge in [-0.1, -0.05) is 24.3 Å². The average molecular weight is 248 g/mol. The van der Waals surface area contributed by atoms with Crippen LogP contribution in [0.2, 0.25) is 0 Å². The van der Waals surface area contributed by atoms with Gasteiger partial charge in [0.1, 0.15) is 11.2 Å². The summed E-state index contributed by atoms with van der Waals surface area (Å²) >= 11 is 0. The van der Waals surface area contributed by atoms with Gasteiger partial charge in [-0.15, -0.1) is 0 Å². The van der Waals surface area contributed by atoms with Crippen molar-refractivity contribution in [2.45, 2.75) is 12.8 Å². The van der Waals surface area contributed by atoms with Crippen molar-refractivity contribution in [2.75, 3.05) is 0 Å². The summed E-state index contributed by atoms with van der Waals surface area (Å²) in [5.41, 5.74) is 3.80. The minimum absolute atomic E-state index is 0.0543. The first-order chi connectivity index (χ1) is 9.33. The predicted octanol–water partition coefficient (Wildman–Crippen LogP) is 3.91. The van der Waals surface area contributed by atoms with Gasteiger partial charge in [0.2, 0.25) is 5.43 Å². The van der Waals surface area contributed by atoms with Crippen LogP contribution in [-0.4, -0.2) is 0 Å². The van der Waals surface area contributed by atoms with E-state index in [1.807, 2.05) is 36.4 Å². The third kappa shape index (κ3) is 1.53. The molecular formula is C17H12O2. The summed E-state index contributed by atoms with van der Waals surface area (Å²) in [5, 5.41) is 1.32. The molecule has 4 rings (SSSR count). The molecular weight excluding hydrogens is 236 g/mol. The monoisotopic (exact) mass is 248 g/mol. The lowest BCUT2D eigenvalue weighted by molar-refractivity contribution is 0.659. The molecule has 2 aromatic carbocycles. The van der Waals surface area contributed by atoms with Crippen molar-refractivity contribution in [3.8, 4) is 0 Å². The number of fused-ring (bicyclic) bond motifs is 3. The van der Waals surface area contributed by atoms with Crippen molar-refractivity contribution in [3.63, 3.8) is 0 Å². The van der Waals surface area contributed by atoms with E-state index in [0.717, 1.165) is 18.4 Å². The van der Waals surface area contributed by atoms with Gasteiger partial charge in [0.15, 0.2) is 0 Å². The van der Waals surface area contributed by atoms with Crippen molar-refractivity contribution in [3.05, 3.63) is 63.8 Å². The normalized spacial score (nSPS) is 13.9. The maximum Gasteiger partial charge on any atom is 0.200 e. The molecule has 0 fully saturated rings. The van der Waals surface area contributed by atoms with Crippen LogP contribution in [0.1, 0.15) is 17.5 Å². The van der Waals surface area contributed by atoms with E-state index in [1.54, 1.807) is 0 Å². The van der Waals surface area contributed by atoms with Gasteiger partial charge in [-0.3, -0.25) is 4.79 Å². The van der Waals surface area contributed by atoms with Crippen LogP contribution in [0.4, 0.5) is 0 Å². The lowest BCUT2D eigenvalue weighted by Gasteiger charge is -2.11. The molecule has 0 atom stereocenters. The van der Waals surface area contributed by atoms with Crippen molar-refractivity contribution < 1.29 is 4.42 Å². The van der Waals surface area contributed by atoms with Crippen molar-refractivity contribution in [1.29, 1.82) is 0 Å². The van der Waals surface area contributed by atoms with E-state index in [2.05, 4.69) is 12.2 Å². The Morgan fingerprint density at radius 1 is 1.00 bits per heavy atom. The Morgan fingerprint density at radius 2 is 1.89 bits per heavy atom. The van der Waals surface area contributed by atoms with Crippen LogP contribution in [0.25, 0.3) is 28.0 Å². The Kier molecular flexibility index (Phi) is 2.12. The largest absolute Gasteiger partial charge is 0.456 e. The lowest BCUT2D eigenvalue weighted by Crippen LogP contribution is -2.04. The Hall–Kier alpha value is -2.35. The summed E-state index contributed by atoms with van der Waals surface area (Å²) in [5.74, 6) is 0. The first-order valence-corrected chi connectivity index (χ1v) is 6.48. The lowest BCUT2D eigenvalue weighted by atomic mass is 9.95. The number of rotatable bonds is 0. The predicted molar refractivity (Wildman–Crippen MR) is 77.3 cm³/mol. The minimum Gasteiger partial charge on any atom is -0.456 e. The van der Waals surface area contributed by atoms with Crippen molar-refractivity contribution in [2.24, 2.45) is 0 Å². The number of hydrogen-bond acceptors (Lipinski definition) is 2. The third-order valence-electron chi connectivity index (χ3n) is 3.72. The molecule has 3 aromatic rings. The second-order valence-electron chi connectivity index (χ2n) is 4.92. The smallest absolute Gasteiger partial charge is 0.200 e. The van der Waals surface area contributed by atoms with E-state index in [1.165, 1.54) is 5.56 Å². The zero-order valence-corrected chi connectivity index (χ0v) is 10.3. The molecule has 0 spiro atoms. The molecule has 0 unspecified atom stereocenters. The molecule has 1 heterocycles. The van der Waals surface area contributed by atoms with E-state index in [-0.39, 0.29) is 5.43 Å². The SMILES string of the molecule is O=c1c2ccccc2oc2cc3c(cc12)C=CCC3. The fraction of sp³-hybridized carbons (Fsp3) is 0.118. The fourth-order valence-electron chi connectivity index (χ4n) is 2.73. The topological polar surface area (TPSA) is 30.2 Å². The molecule has 0 N–H and O–H groups in total. The standard InChI is InChI=1S/C17H12O2/c18-17-13-7-3-4-8-15(13)19-16-10-12-6-2-1-5-11(12)9-14(16)17/h1,3-5,7-10H,2,6H2. The van der Waals surface area contributed by atoms with Gasteiger partial charge < -0.3 is 4.42 Å². The van der Waals surface area contributed by atoms with Crippen LogP contribution < -0.4 is 5.43 Å². The van der Waals surface area contributed by atoms with Gasteiger partial charge in [-0.05, 0) is 48.2 Å². The molecule has 0 aliphatic heterocycles. The van der Waals surface area contributed by atoms with E-state index >= 15 is 0 Å². The van der Waals surface area contributed by atoms with Crippen molar-refractivity contribution in [1.82, 2.24) is 0 Å². The van der Waals surface area contributed by atoms with Crippen molar-refractivity contribution >= 4 is 28.0 Å². The molecule has 2 heteroatoms. The van der Waals surface area contributed by atoms with E-state index in [0.29, 0.717) is 21.9 Å². The number of aryl methyl sites for hydroxylation is 1. The van der Waals surface area contributed by atoms with Gasteiger partial charge >= 0.3 is 0 Å². The summed E-state index contributed by atoms with van der Waals surface area (Å²) in [7, 11) is 0. The Labute approximate surface area is 110 Å². The van der Waals surface area contributed by atoms with Gasteiger partial charge in [-0.25, -0.2) is 0 Å². The van der Waals surface area contributed by atoms with Crippen LogP contribution >= 0.6 is 0 Å². The molecule has 0 saturated heterocycles. The molecule has 0 bridgehead atoms. The summed E-state index contributed by atoms with van der Waals surface area (Å²) in [4.78, 5) is 12.5. The molecule has 0 radical (unpaired) electrons. The minimum atomic E-state index is 0.0543. The molecule has 0 amide bonds. The summed E-state index contributed by atoms with van der Waals surface area (Å²) in [6, 6.07) is 11.4. The average Bonchev–Trinajstić information content (AvgIpc) is 2.46. The van der Waals surface area contributed by atoms with E-state index in [4.69, 9.17) is 4.42 Å². The number of hydrogen-bond donors (Lipinski definition) is 0. The highest BCUT2D eigenvalue weighted by atomic mass is 16.3. The molecule has 92 valence electrons. The molecule has 19 heavy (non-hydrogen) atoms. The van der Waals surface area contributed by atoms with Gasteiger partial charge in [-0.2, -0.15) is 0 Å². The molecule has 1 aliphatic carbocycles. The highest BCUT2D eigenvalue weighted by molar-refractivity contribution is 5.91. The first-order valence-electron chi connectivity index (χ1n) is 6.48. The molecule has 0 saturated carbocycles. The van der Waals surface area contributed by atoms with Crippen LogP contribution in [-0.2, 0) is 6.42 Å². The second-order valence-corrected chi connectivity index (χ2v) is 4.92. The van der Waals surface area contributed by atoms with E-state index < -0.39 is 0 Å². The van der Waals surface area contributed by atoms with Crippen LogP contribution in [0.15, 0.2) is 51.7 Å². The summed E-state index contributed by atoms with van der Waals surface area (Å²) in [6.45, 7) is 0. The highest BCUT2D eigenvalue weighted by Gasteiger charge is 2.11. The van der Waals surface area contributed by atoms with Crippen LogP contribution in [0.5, 0.6) is 0 Å². The number of benzene rings is 2.